The first-order valence-electron chi connectivity index (χ1n) is 8.12. The summed E-state index contributed by atoms with van der Waals surface area (Å²) in [5, 5.41) is 8.01. The van der Waals surface area contributed by atoms with Crippen LogP contribution in [0.5, 0.6) is 0 Å². The van der Waals surface area contributed by atoms with Crippen molar-refractivity contribution in [1.29, 1.82) is 0 Å². The molecular formula is C19H23N5. The van der Waals surface area contributed by atoms with E-state index in [1.165, 1.54) is 16.8 Å². The van der Waals surface area contributed by atoms with E-state index < -0.39 is 0 Å². The molecule has 5 heteroatoms. The van der Waals surface area contributed by atoms with E-state index in [0.29, 0.717) is 0 Å². The van der Waals surface area contributed by atoms with Crippen LogP contribution in [0.2, 0.25) is 0 Å². The Kier molecular flexibility index (Phi) is 4.91. The monoisotopic (exact) mass is 321 g/mol. The normalized spacial score (nSPS) is 10.9. The summed E-state index contributed by atoms with van der Waals surface area (Å²) in [7, 11) is 0. The lowest BCUT2D eigenvalue weighted by molar-refractivity contribution is 0.682. The first-order valence-corrected chi connectivity index (χ1v) is 8.12. The molecule has 1 N–H and O–H groups in total. The van der Waals surface area contributed by atoms with Crippen LogP contribution in [0.15, 0.2) is 55.5 Å². The maximum absolute atomic E-state index is 4.49. The van der Waals surface area contributed by atoms with Crippen molar-refractivity contribution in [3.63, 3.8) is 0 Å². The smallest absolute Gasteiger partial charge is 0.110 e. The molecule has 0 saturated heterocycles. The molecule has 0 bridgehead atoms. The van der Waals surface area contributed by atoms with Crippen LogP contribution in [0.4, 0.5) is 0 Å². The first-order chi connectivity index (χ1) is 11.7. The molecule has 0 unspecified atom stereocenters. The Labute approximate surface area is 142 Å². The zero-order valence-corrected chi connectivity index (χ0v) is 14.2. The Morgan fingerprint density at radius 2 is 1.96 bits per heavy atom. The van der Waals surface area contributed by atoms with Gasteiger partial charge in [-0.15, -0.1) is 6.58 Å². The number of benzene rings is 1. The van der Waals surface area contributed by atoms with E-state index in [-0.39, 0.29) is 0 Å². The van der Waals surface area contributed by atoms with Crippen molar-refractivity contribution >= 4 is 0 Å². The second-order valence-electron chi connectivity index (χ2n) is 5.83. The number of nitrogens with one attached hydrogen (secondary N) is 1. The molecule has 0 aliphatic carbocycles. The molecule has 0 amide bonds. The fourth-order valence-electron chi connectivity index (χ4n) is 2.82. The van der Waals surface area contributed by atoms with Crippen LogP contribution >= 0.6 is 0 Å². The molecule has 124 valence electrons. The van der Waals surface area contributed by atoms with Crippen molar-refractivity contribution < 1.29 is 0 Å². The Morgan fingerprint density at radius 1 is 1.17 bits per heavy atom. The minimum atomic E-state index is 0.740. The lowest BCUT2D eigenvalue weighted by atomic mass is 10.1. The Hall–Kier alpha value is -2.66. The maximum Gasteiger partial charge on any atom is 0.110 e. The van der Waals surface area contributed by atoms with Crippen molar-refractivity contribution in [3.05, 3.63) is 78.2 Å². The molecule has 0 spiro atoms. The van der Waals surface area contributed by atoms with Crippen molar-refractivity contribution in [2.24, 2.45) is 0 Å². The van der Waals surface area contributed by atoms with Gasteiger partial charge in [-0.2, -0.15) is 5.10 Å². The molecule has 0 atom stereocenters. The lowest BCUT2D eigenvalue weighted by Crippen LogP contribution is -2.15. The summed E-state index contributed by atoms with van der Waals surface area (Å²) in [4.78, 5) is 4.32. The highest BCUT2D eigenvalue weighted by Gasteiger charge is 2.07. The van der Waals surface area contributed by atoms with E-state index >= 15 is 0 Å². The molecule has 0 aliphatic rings. The average molecular weight is 321 g/mol. The molecule has 2 aromatic heterocycles. The summed E-state index contributed by atoms with van der Waals surface area (Å²) in [6.07, 6.45) is 7.76. The Morgan fingerprint density at radius 3 is 2.71 bits per heavy atom. The van der Waals surface area contributed by atoms with Gasteiger partial charge in [-0.1, -0.05) is 24.3 Å². The van der Waals surface area contributed by atoms with Crippen molar-refractivity contribution in [1.82, 2.24) is 24.6 Å². The summed E-state index contributed by atoms with van der Waals surface area (Å²) in [5.74, 6) is 0.990. The first kappa shape index (κ1) is 16.2. The number of aromatic nitrogens is 4. The predicted molar refractivity (Wildman–Crippen MR) is 96.0 cm³/mol. The minimum Gasteiger partial charge on any atom is -0.308 e. The Bertz CT molecular complexity index is 828. The molecule has 3 aromatic rings. The second-order valence-corrected chi connectivity index (χ2v) is 5.83. The fraction of sp³-hybridized carbons (Fsp3) is 0.263. The molecule has 2 heterocycles. The van der Waals surface area contributed by atoms with Crippen LogP contribution < -0.4 is 5.32 Å². The third-order valence-electron chi connectivity index (χ3n) is 4.07. The largest absolute Gasteiger partial charge is 0.308 e. The molecule has 0 radical (unpaired) electrons. The number of rotatable bonds is 7. The van der Waals surface area contributed by atoms with Gasteiger partial charge in [0.2, 0.25) is 0 Å². The van der Waals surface area contributed by atoms with Crippen LogP contribution in [0.25, 0.3) is 5.69 Å². The predicted octanol–water partition coefficient (Wildman–Crippen LogP) is 3.16. The fourth-order valence-corrected chi connectivity index (χ4v) is 2.82. The minimum absolute atomic E-state index is 0.740. The SMILES string of the molecule is C=CCn1cc(CNCc2ccccc2-n2ccnc2C)c(C)n1. The number of para-hydroxylation sites is 1. The molecule has 0 aliphatic heterocycles. The number of nitrogens with zero attached hydrogens (tertiary/aromatic N) is 4. The van der Waals surface area contributed by atoms with Crippen molar-refractivity contribution in [2.75, 3.05) is 0 Å². The highest BCUT2D eigenvalue weighted by atomic mass is 15.3. The van der Waals surface area contributed by atoms with Crippen LogP contribution in [-0.4, -0.2) is 19.3 Å². The molecule has 0 fully saturated rings. The maximum atomic E-state index is 4.49. The number of hydrogen-bond acceptors (Lipinski definition) is 3. The van der Waals surface area contributed by atoms with Crippen LogP contribution in [0.3, 0.4) is 0 Å². The number of aryl methyl sites for hydroxylation is 2. The summed E-state index contributed by atoms with van der Waals surface area (Å²) in [6, 6.07) is 8.40. The average Bonchev–Trinajstić information content (AvgIpc) is 3.14. The summed E-state index contributed by atoms with van der Waals surface area (Å²) >= 11 is 0. The molecular weight excluding hydrogens is 298 g/mol. The second kappa shape index (κ2) is 7.27. The van der Waals surface area contributed by atoms with Gasteiger partial charge in [0.1, 0.15) is 5.82 Å². The van der Waals surface area contributed by atoms with Gasteiger partial charge in [0.05, 0.1) is 17.9 Å². The summed E-state index contributed by atoms with van der Waals surface area (Å²) < 4.78 is 4.03. The van der Waals surface area contributed by atoms with Crippen molar-refractivity contribution in [2.45, 2.75) is 33.5 Å². The lowest BCUT2D eigenvalue weighted by Gasteiger charge is -2.12. The highest BCUT2D eigenvalue weighted by molar-refractivity contribution is 5.42. The molecule has 5 nitrogen and oxygen atoms in total. The van der Waals surface area contributed by atoms with E-state index in [1.54, 1.807) is 0 Å². The zero-order chi connectivity index (χ0) is 16.9. The molecule has 24 heavy (non-hydrogen) atoms. The zero-order valence-electron chi connectivity index (χ0n) is 14.2. The number of imidazole rings is 1. The Balaban J connectivity index is 1.70. The van der Waals surface area contributed by atoms with Crippen LogP contribution in [-0.2, 0) is 19.6 Å². The highest BCUT2D eigenvalue weighted by Crippen LogP contribution is 2.16. The van der Waals surface area contributed by atoms with Crippen LogP contribution in [0.1, 0.15) is 22.6 Å². The molecule has 1 aromatic carbocycles. The molecule has 3 rings (SSSR count). The van der Waals surface area contributed by atoms with Gasteiger partial charge in [-0.25, -0.2) is 4.98 Å². The number of allylic oxidation sites excluding steroid dienone is 1. The van der Waals surface area contributed by atoms with E-state index in [0.717, 1.165) is 31.2 Å². The van der Waals surface area contributed by atoms with Gasteiger partial charge >= 0.3 is 0 Å². The van der Waals surface area contributed by atoms with E-state index in [1.807, 2.05) is 37.0 Å². The third kappa shape index (κ3) is 3.46. The van der Waals surface area contributed by atoms with Gasteiger partial charge in [0.15, 0.2) is 0 Å². The quantitative estimate of drug-likeness (QED) is 0.680. The van der Waals surface area contributed by atoms with E-state index in [9.17, 15) is 0 Å². The van der Waals surface area contributed by atoms with Gasteiger partial charge in [0.25, 0.3) is 0 Å². The van der Waals surface area contributed by atoms with E-state index in [4.69, 9.17) is 0 Å². The van der Waals surface area contributed by atoms with Crippen LogP contribution in [0, 0.1) is 13.8 Å². The summed E-state index contributed by atoms with van der Waals surface area (Å²) in [6.45, 7) is 10.1. The third-order valence-corrected chi connectivity index (χ3v) is 4.07. The van der Waals surface area contributed by atoms with E-state index in [2.05, 4.69) is 57.0 Å². The van der Waals surface area contributed by atoms with Gasteiger partial charge in [-0.05, 0) is 25.5 Å². The topological polar surface area (TPSA) is 47.7 Å². The van der Waals surface area contributed by atoms with Gasteiger partial charge in [0, 0.05) is 37.2 Å². The number of hydrogen-bond donors (Lipinski definition) is 1. The molecule has 0 saturated carbocycles. The van der Waals surface area contributed by atoms with Gasteiger partial charge in [-0.3, -0.25) is 4.68 Å². The van der Waals surface area contributed by atoms with Gasteiger partial charge < -0.3 is 9.88 Å². The van der Waals surface area contributed by atoms with Crippen molar-refractivity contribution in [3.8, 4) is 5.69 Å². The summed E-state index contributed by atoms with van der Waals surface area (Å²) in [5.41, 5.74) is 4.69. The standard InChI is InChI=1S/C19H23N5/c1-4-10-23-14-18(15(2)22-23)13-20-12-17-7-5-6-8-19(17)24-11-9-21-16(24)3/h4-9,11,14,20H,1,10,12-13H2,2-3H3.